The first-order valence-electron chi connectivity index (χ1n) is 3.29. The van der Waals surface area contributed by atoms with Crippen molar-refractivity contribution >= 4 is 0 Å². The maximum Gasteiger partial charge on any atom is 0.273 e. The van der Waals surface area contributed by atoms with Crippen LogP contribution in [0.25, 0.3) is 0 Å². The van der Waals surface area contributed by atoms with Crippen molar-refractivity contribution in [2.45, 2.75) is 12.6 Å². The molecule has 66 valence electrons. The van der Waals surface area contributed by atoms with Crippen LogP contribution in [0.5, 0.6) is 0 Å². The van der Waals surface area contributed by atoms with Gasteiger partial charge in [-0.1, -0.05) is 12.1 Å². The summed E-state index contributed by atoms with van der Waals surface area (Å²) in [5.41, 5.74) is -0.202. The van der Waals surface area contributed by atoms with E-state index in [0.29, 0.717) is 0 Å². The van der Waals surface area contributed by atoms with E-state index in [4.69, 9.17) is 0 Å². The second-order valence-electron chi connectivity index (χ2n) is 2.29. The van der Waals surface area contributed by atoms with Gasteiger partial charge in [0, 0.05) is 0 Å². The molecule has 0 saturated heterocycles. The lowest BCUT2D eigenvalue weighted by atomic mass is 10.1. The predicted molar refractivity (Wildman–Crippen MR) is 36.3 cm³/mol. The van der Waals surface area contributed by atoms with Crippen LogP contribution in [0.4, 0.5) is 17.6 Å². The molecular formula is C8H6F4. The van der Waals surface area contributed by atoms with E-state index in [0.717, 1.165) is 24.3 Å². The van der Waals surface area contributed by atoms with Crippen molar-refractivity contribution in [3.05, 3.63) is 35.6 Å². The van der Waals surface area contributed by atoms with Crippen LogP contribution in [0, 0.1) is 5.82 Å². The van der Waals surface area contributed by atoms with Gasteiger partial charge in [0.05, 0.1) is 0 Å². The molecule has 1 aromatic rings. The zero-order chi connectivity index (χ0) is 9.14. The van der Waals surface area contributed by atoms with Gasteiger partial charge in [0.2, 0.25) is 0 Å². The van der Waals surface area contributed by atoms with Crippen molar-refractivity contribution < 1.29 is 17.6 Å². The first-order valence-corrected chi connectivity index (χ1v) is 3.29. The molecule has 0 aliphatic rings. The molecular weight excluding hydrogens is 172 g/mol. The van der Waals surface area contributed by atoms with Gasteiger partial charge in [-0.05, 0) is 17.7 Å². The van der Waals surface area contributed by atoms with Crippen LogP contribution in [-0.2, 0) is 0 Å². The minimum atomic E-state index is -3.06. The number of benzene rings is 1. The molecule has 0 spiro atoms. The van der Waals surface area contributed by atoms with Gasteiger partial charge in [-0.15, -0.1) is 0 Å². The van der Waals surface area contributed by atoms with Crippen LogP contribution in [0.3, 0.4) is 0 Å². The lowest BCUT2D eigenvalue weighted by molar-refractivity contribution is 0.0495. The summed E-state index contributed by atoms with van der Waals surface area (Å²) in [6.07, 6.45) is -5.39. The first kappa shape index (κ1) is 9.03. The van der Waals surface area contributed by atoms with Gasteiger partial charge in [-0.25, -0.2) is 17.6 Å². The van der Waals surface area contributed by atoms with E-state index in [-0.39, 0.29) is 5.56 Å². The molecule has 0 nitrogen and oxygen atoms in total. The Morgan fingerprint density at radius 3 is 1.83 bits per heavy atom. The monoisotopic (exact) mass is 178 g/mol. The van der Waals surface area contributed by atoms with E-state index in [2.05, 4.69) is 0 Å². The average Bonchev–Trinajstić information content (AvgIpc) is 2.04. The summed E-state index contributed by atoms with van der Waals surface area (Å²) < 4.78 is 48.2. The Morgan fingerprint density at radius 1 is 0.917 bits per heavy atom. The first-order chi connectivity index (χ1) is 5.61. The van der Waals surface area contributed by atoms with Crippen molar-refractivity contribution in [3.63, 3.8) is 0 Å². The van der Waals surface area contributed by atoms with Gasteiger partial charge < -0.3 is 0 Å². The Hall–Kier alpha value is -1.06. The smallest absolute Gasteiger partial charge is 0.236 e. The average molecular weight is 178 g/mol. The minimum absolute atomic E-state index is 0.202. The summed E-state index contributed by atoms with van der Waals surface area (Å²) in [6.45, 7) is 0. The summed E-state index contributed by atoms with van der Waals surface area (Å²) in [6, 6.07) is 3.91. The third-order valence-electron chi connectivity index (χ3n) is 1.41. The predicted octanol–water partition coefficient (Wildman–Crippen LogP) is 3.10. The topological polar surface area (TPSA) is 0 Å². The highest BCUT2D eigenvalue weighted by Gasteiger charge is 2.20. The van der Waals surface area contributed by atoms with E-state index in [1.54, 1.807) is 0 Å². The summed E-state index contributed by atoms with van der Waals surface area (Å²) in [5.74, 6) is -0.569. The lowest BCUT2D eigenvalue weighted by Gasteiger charge is -2.05. The van der Waals surface area contributed by atoms with Crippen molar-refractivity contribution in [1.82, 2.24) is 0 Å². The van der Waals surface area contributed by atoms with Gasteiger partial charge >= 0.3 is 0 Å². The SMILES string of the molecule is Fc1ccc([C@H](F)C(F)F)cc1. The van der Waals surface area contributed by atoms with Crippen molar-refractivity contribution in [3.8, 4) is 0 Å². The van der Waals surface area contributed by atoms with E-state index < -0.39 is 18.4 Å². The molecule has 0 saturated carbocycles. The minimum Gasteiger partial charge on any atom is -0.236 e. The van der Waals surface area contributed by atoms with Crippen LogP contribution in [0.1, 0.15) is 11.7 Å². The summed E-state index contributed by atoms with van der Waals surface area (Å²) in [7, 11) is 0. The van der Waals surface area contributed by atoms with E-state index in [9.17, 15) is 17.6 Å². The molecule has 0 N–H and O–H groups in total. The van der Waals surface area contributed by atoms with E-state index in [1.165, 1.54) is 0 Å². The third-order valence-corrected chi connectivity index (χ3v) is 1.41. The van der Waals surface area contributed by atoms with Crippen molar-refractivity contribution in [2.75, 3.05) is 0 Å². The highest BCUT2D eigenvalue weighted by molar-refractivity contribution is 5.18. The second kappa shape index (κ2) is 3.56. The Kier molecular flexibility index (Phi) is 2.68. The van der Waals surface area contributed by atoms with Crippen LogP contribution in [0.2, 0.25) is 0 Å². The van der Waals surface area contributed by atoms with Gasteiger partial charge in [-0.2, -0.15) is 0 Å². The molecule has 0 bridgehead atoms. The molecule has 0 aliphatic heterocycles. The molecule has 0 heterocycles. The summed E-state index contributed by atoms with van der Waals surface area (Å²) in [4.78, 5) is 0. The largest absolute Gasteiger partial charge is 0.273 e. The maximum absolute atomic E-state index is 12.5. The van der Waals surface area contributed by atoms with Crippen LogP contribution in [0.15, 0.2) is 24.3 Å². The molecule has 0 aromatic heterocycles. The summed E-state index contributed by atoms with van der Waals surface area (Å²) in [5, 5.41) is 0. The molecule has 4 heteroatoms. The van der Waals surface area contributed by atoms with Gasteiger partial charge in [0.1, 0.15) is 5.82 Å². The highest BCUT2D eigenvalue weighted by Crippen LogP contribution is 2.24. The molecule has 0 radical (unpaired) electrons. The Morgan fingerprint density at radius 2 is 1.42 bits per heavy atom. The number of hydrogen-bond acceptors (Lipinski definition) is 0. The van der Waals surface area contributed by atoms with Gasteiger partial charge in [0.25, 0.3) is 6.43 Å². The van der Waals surface area contributed by atoms with Crippen LogP contribution >= 0.6 is 0 Å². The quantitative estimate of drug-likeness (QED) is 0.610. The molecule has 0 fully saturated rings. The zero-order valence-corrected chi connectivity index (χ0v) is 5.98. The third kappa shape index (κ3) is 1.96. The number of alkyl halides is 3. The molecule has 1 aromatic carbocycles. The fourth-order valence-electron chi connectivity index (χ4n) is 0.792. The Balaban J connectivity index is 2.82. The van der Waals surface area contributed by atoms with Crippen LogP contribution in [-0.4, -0.2) is 6.43 Å². The molecule has 1 rings (SSSR count). The molecule has 12 heavy (non-hydrogen) atoms. The van der Waals surface area contributed by atoms with Gasteiger partial charge in [0.15, 0.2) is 6.17 Å². The normalized spacial score (nSPS) is 13.4. The molecule has 0 aliphatic carbocycles. The summed E-state index contributed by atoms with van der Waals surface area (Å²) >= 11 is 0. The van der Waals surface area contributed by atoms with Gasteiger partial charge in [-0.3, -0.25) is 0 Å². The molecule has 1 atom stereocenters. The molecule has 0 unspecified atom stereocenters. The van der Waals surface area contributed by atoms with E-state index >= 15 is 0 Å². The number of hydrogen-bond donors (Lipinski definition) is 0. The van der Waals surface area contributed by atoms with Crippen LogP contribution < -0.4 is 0 Å². The van der Waals surface area contributed by atoms with Crippen molar-refractivity contribution in [2.24, 2.45) is 0 Å². The fraction of sp³-hybridized carbons (Fsp3) is 0.250. The molecule has 0 amide bonds. The zero-order valence-electron chi connectivity index (χ0n) is 5.98. The van der Waals surface area contributed by atoms with E-state index in [1.807, 2.05) is 0 Å². The van der Waals surface area contributed by atoms with Crippen molar-refractivity contribution in [1.29, 1.82) is 0 Å². The second-order valence-corrected chi connectivity index (χ2v) is 2.29. The lowest BCUT2D eigenvalue weighted by Crippen LogP contribution is -2.02. The standard InChI is InChI=1S/C8H6F4/c9-6-3-1-5(2-4-6)7(10)8(11)12/h1-4,7-8H/t7-/m0/s1. The number of rotatable bonds is 2. The Bertz CT molecular complexity index is 242. The fourth-order valence-corrected chi connectivity index (χ4v) is 0.792. The Labute approximate surface area is 66.8 Å². The highest BCUT2D eigenvalue weighted by atomic mass is 19.3. The maximum atomic E-state index is 12.5. The number of halogens is 4.